The van der Waals surface area contributed by atoms with E-state index in [1.807, 2.05) is 47.3 Å². The molecule has 2 aromatic carbocycles. The topological polar surface area (TPSA) is 39.1 Å². The van der Waals surface area contributed by atoms with Gasteiger partial charge >= 0.3 is 0 Å². The monoisotopic (exact) mass is 351 g/mol. The molecular weight excluding hydrogens is 329 g/mol. The van der Waals surface area contributed by atoms with Crippen molar-refractivity contribution in [1.29, 1.82) is 0 Å². The van der Waals surface area contributed by atoms with E-state index in [4.69, 9.17) is 4.74 Å². The lowest BCUT2D eigenvalue weighted by Crippen LogP contribution is -2.41. The first-order chi connectivity index (χ1) is 12.7. The number of halogens is 1. The second-order valence-corrected chi connectivity index (χ2v) is 6.67. The van der Waals surface area contributed by atoms with Crippen molar-refractivity contribution in [3.63, 3.8) is 0 Å². The SMILES string of the molecule is C[C@@H]1NCCO[C@H]1c1ccc(-c2cc(Cn3cccn3)ccc2F)cc1. The van der Waals surface area contributed by atoms with E-state index in [0.29, 0.717) is 18.7 Å². The molecule has 0 saturated carbocycles. The van der Waals surface area contributed by atoms with Crippen LogP contribution in [0.1, 0.15) is 24.2 Å². The van der Waals surface area contributed by atoms with E-state index < -0.39 is 0 Å². The summed E-state index contributed by atoms with van der Waals surface area (Å²) in [6, 6.07) is 15.4. The van der Waals surface area contributed by atoms with Crippen molar-refractivity contribution in [3.8, 4) is 11.1 Å². The Kier molecular flexibility index (Phi) is 4.82. The van der Waals surface area contributed by atoms with Gasteiger partial charge in [-0.25, -0.2) is 4.39 Å². The number of morpholine rings is 1. The van der Waals surface area contributed by atoms with Crippen molar-refractivity contribution >= 4 is 0 Å². The number of aromatic nitrogens is 2. The smallest absolute Gasteiger partial charge is 0.131 e. The van der Waals surface area contributed by atoms with E-state index in [1.165, 1.54) is 6.07 Å². The van der Waals surface area contributed by atoms with Crippen LogP contribution in [-0.4, -0.2) is 29.0 Å². The molecule has 2 atom stereocenters. The fourth-order valence-electron chi connectivity index (χ4n) is 3.43. The van der Waals surface area contributed by atoms with Crippen LogP contribution >= 0.6 is 0 Å². The first-order valence-electron chi connectivity index (χ1n) is 8.92. The molecule has 0 amide bonds. The Morgan fingerprint density at radius 3 is 2.81 bits per heavy atom. The van der Waals surface area contributed by atoms with Gasteiger partial charge in [-0.05, 0) is 41.8 Å². The van der Waals surface area contributed by atoms with E-state index in [0.717, 1.165) is 23.2 Å². The average molecular weight is 351 g/mol. The predicted octanol–water partition coefficient (Wildman–Crippen LogP) is 3.79. The van der Waals surface area contributed by atoms with Gasteiger partial charge in [-0.15, -0.1) is 0 Å². The van der Waals surface area contributed by atoms with Gasteiger partial charge in [0.15, 0.2) is 0 Å². The molecule has 0 spiro atoms. The zero-order valence-corrected chi connectivity index (χ0v) is 14.7. The Labute approximate surface area is 152 Å². The van der Waals surface area contributed by atoms with Crippen LogP contribution in [0.4, 0.5) is 4.39 Å². The number of rotatable bonds is 4. The average Bonchev–Trinajstić information content (AvgIpc) is 3.17. The van der Waals surface area contributed by atoms with E-state index in [9.17, 15) is 4.39 Å². The lowest BCUT2D eigenvalue weighted by molar-refractivity contribution is -0.000215. The molecule has 2 heterocycles. The molecule has 1 saturated heterocycles. The molecule has 3 aromatic rings. The molecule has 1 aromatic heterocycles. The highest BCUT2D eigenvalue weighted by atomic mass is 19.1. The zero-order valence-electron chi connectivity index (χ0n) is 14.7. The summed E-state index contributed by atoms with van der Waals surface area (Å²) in [7, 11) is 0. The molecule has 4 rings (SSSR count). The number of hydrogen-bond donors (Lipinski definition) is 1. The van der Waals surface area contributed by atoms with Crippen LogP contribution in [0.15, 0.2) is 60.9 Å². The largest absolute Gasteiger partial charge is 0.371 e. The van der Waals surface area contributed by atoms with Crippen molar-refractivity contribution in [2.45, 2.75) is 25.6 Å². The maximum absolute atomic E-state index is 14.4. The Balaban J connectivity index is 1.58. The summed E-state index contributed by atoms with van der Waals surface area (Å²) in [4.78, 5) is 0. The number of benzene rings is 2. The van der Waals surface area contributed by atoms with Gasteiger partial charge in [-0.1, -0.05) is 30.3 Å². The highest BCUT2D eigenvalue weighted by molar-refractivity contribution is 5.65. The summed E-state index contributed by atoms with van der Waals surface area (Å²) in [5.41, 5.74) is 3.60. The second-order valence-electron chi connectivity index (χ2n) is 6.67. The predicted molar refractivity (Wildman–Crippen MR) is 99.3 cm³/mol. The molecule has 0 aliphatic carbocycles. The third-order valence-corrected chi connectivity index (χ3v) is 4.80. The minimum Gasteiger partial charge on any atom is -0.371 e. The number of hydrogen-bond acceptors (Lipinski definition) is 3. The van der Waals surface area contributed by atoms with Crippen molar-refractivity contribution in [1.82, 2.24) is 15.1 Å². The maximum Gasteiger partial charge on any atom is 0.131 e. The van der Waals surface area contributed by atoms with Gasteiger partial charge in [0.25, 0.3) is 0 Å². The first-order valence-corrected chi connectivity index (χ1v) is 8.92. The highest BCUT2D eigenvalue weighted by Crippen LogP contribution is 2.29. The Morgan fingerprint density at radius 2 is 2.08 bits per heavy atom. The lowest BCUT2D eigenvalue weighted by atomic mass is 9.97. The van der Waals surface area contributed by atoms with E-state index in [-0.39, 0.29) is 18.0 Å². The summed E-state index contributed by atoms with van der Waals surface area (Å²) in [5.74, 6) is -0.217. The number of nitrogens with one attached hydrogen (secondary N) is 1. The van der Waals surface area contributed by atoms with Crippen LogP contribution in [0, 0.1) is 5.82 Å². The Morgan fingerprint density at radius 1 is 1.23 bits per heavy atom. The molecular formula is C21H22FN3O. The number of ether oxygens (including phenoxy) is 1. The first kappa shape index (κ1) is 16.9. The van der Waals surface area contributed by atoms with Crippen molar-refractivity contribution in [2.24, 2.45) is 0 Å². The molecule has 1 fully saturated rings. The third kappa shape index (κ3) is 3.54. The Hall–Kier alpha value is -2.50. The summed E-state index contributed by atoms with van der Waals surface area (Å²) in [5, 5.41) is 7.63. The van der Waals surface area contributed by atoms with Gasteiger partial charge in [-0.2, -0.15) is 5.10 Å². The molecule has 0 bridgehead atoms. The van der Waals surface area contributed by atoms with E-state index in [2.05, 4.69) is 17.3 Å². The van der Waals surface area contributed by atoms with Gasteiger partial charge in [0.2, 0.25) is 0 Å². The summed E-state index contributed by atoms with van der Waals surface area (Å²) in [6.45, 7) is 4.33. The molecule has 1 N–H and O–H groups in total. The van der Waals surface area contributed by atoms with Crippen LogP contribution in [0.3, 0.4) is 0 Å². The van der Waals surface area contributed by atoms with E-state index in [1.54, 1.807) is 12.3 Å². The van der Waals surface area contributed by atoms with Crippen molar-refractivity contribution < 1.29 is 9.13 Å². The van der Waals surface area contributed by atoms with Crippen LogP contribution < -0.4 is 5.32 Å². The van der Waals surface area contributed by atoms with Gasteiger partial charge in [0.1, 0.15) is 5.82 Å². The second kappa shape index (κ2) is 7.40. The number of nitrogens with zero attached hydrogens (tertiary/aromatic N) is 2. The maximum atomic E-state index is 14.4. The minimum absolute atomic E-state index is 0.0359. The molecule has 4 nitrogen and oxygen atoms in total. The van der Waals surface area contributed by atoms with Crippen molar-refractivity contribution in [2.75, 3.05) is 13.2 Å². The molecule has 5 heteroatoms. The van der Waals surface area contributed by atoms with Gasteiger partial charge in [0, 0.05) is 30.5 Å². The normalized spacial score (nSPS) is 20.2. The van der Waals surface area contributed by atoms with Crippen LogP contribution in [0.2, 0.25) is 0 Å². The fourth-order valence-corrected chi connectivity index (χ4v) is 3.43. The third-order valence-electron chi connectivity index (χ3n) is 4.80. The molecule has 0 unspecified atom stereocenters. The van der Waals surface area contributed by atoms with E-state index >= 15 is 0 Å². The van der Waals surface area contributed by atoms with Gasteiger partial charge in [0.05, 0.1) is 19.3 Å². The summed E-state index contributed by atoms with van der Waals surface area (Å²) < 4.78 is 22.1. The fraction of sp³-hybridized carbons (Fsp3) is 0.286. The van der Waals surface area contributed by atoms with Crippen LogP contribution in [-0.2, 0) is 11.3 Å². The van der Waals surface area contributed by atoms with Crippen LogP contribution in [0.25, 0.3) is 11.1 Å². The zero-order chi connectivity index (χ0) is 17.9. The summed E-state index contributed by atoms with van der Waals surface area (Å²) >= 11 is 0. The van der Waals surface area contributed by atoms with Gasteiger partial charge in [-0.3, -0.25) is 4.68 Å². The molecule has 134 valence electrons. The lowest BCUT2D eigenvalue weighted by Gasteiger charge is -2.30. The van der Waals surface area contributed by atoms with Crippen molar-refractivity contribution in [3.05, 3.63) is 77.9 Å². The molecule has 1 aliphatic heterocycles. The summed E-state index contributed by atoms with van der Waals surface area (Å²) in [6.07, 6.45) is 3.68. The Bertz CT molecular complexity index is 861. The minimum atomic E-state index is -0.217. The molecule has 26 heavy (non-hydrogen) atoms. The standard InChI is InChI=1S/C21H22FN3O/c1-15-21(26-12-10-23-15)18-6-4-17(5-7-18)19-13-16(3-8-20(19)22)14-25-11-2-9-24-25/h2-9,11,13,15,21,23H,10,12,14H2,1H3/t15-,21+/m0/s1. The quantitative estimate of drug-likeness (QED) is 0.777. The highest BCUT2D eigenvalue weighted by Gasteiger charge is 2.23. The molecule has 1 aliphatic rings. The van der Waals surface area contributed by atoms with Gasteiger partial charge < -0.3 is 10.1 Å². The van der Waals surface area contributed by atoms with Crippen LogP contribution in [0.5, 0.6) is 0 Å². The molecule has 0 radical (unpaired) electrons.